The van der Waals surface area contributed by atoms with Gasteiger partial charge in [0.25, 0.3) is 0 Å². The number of rotatable bonds is 9. The molecule has 2 heteroatoms. The fourth-order valence-electron chi connectivity index (χ4n) is 1.57. The Morgan fingerprint density at radius 2 is 1.30 bits per heavy atom. The van der Waals surface area contributed by atoms with Gasteiger partial charge in [0.1, 0.15) is 0 Å². The van der Waals surface area contributed by atoms with Gasteiger partial charge < -0.3 is 5.11 Å². The molecule has 0 aromatic rings. The average molecular weight is 312 g/mol. The molecular formula is C21H28O2. The van der Waals surface area contributed by atoms with Crippen LogP contribution in [0.25, 0.3) is 0 Å². The highest BCUT2D eigenvalue weighted by Crippen LogP contribution is 2.01. The van der Waals surface area contributed by atoms with Crippen molar-refractivity contribution in [2.75, 3.05) is 0 Å². The van der Waals surface area contributed by atoms with E-state index < -0.39 is 5.97 Å². The summed E-state index contributed by atoms with van der Waals surface area (Å²) in [5.74, 6) is -0.934. The molecule has 0 fully saturated rings. The molecule has 0 amide bonds. The topological polar surface area (TPSA) is 37.3 Å². The van der Waals surface area contributed by atoms with Gasteiger partial charge in [-0.1, -0.05) is 90.8 Å². The van der Waals surface area contributed by atoms with Crippen LogP contribution in [0.3, 0.4) is 0 Å². The van der Waals surface area contributed by atoms with Crippen LogP contribution in [0, 0.1) is 0 Å². The van der Waals surface area contributed by atoms with E-state index in [0.29, 0.717) is 0 Å². The van der Waals surface area contributed by atoms with Crippen LogP contribution >= 0.6 is 0 Å². The highest BCUT2D eigenvalue weighted by atomic mass is 16.4. The van der Waals surface area contributed by atoms with Crippen LogP contribution < -0.4 is 0 Å². The van der Waals surface area contributed by atoms with E-state index in [1.807, 2.05) is 50.3 Å². The van der Waals surface area contributed by atoms with Crippen LogP contribution in [0.5, 0.6) is 0 Å². The van der Waals surface area contributed by atoms with Gasteiger partial charge in [0.2, 0.25) is 0 Å². The molecule has 23 heavy (non-hydrogen) atoms. The van der Waals surface area contributed by atoms with E-state index in [0.717, 1.165) is 23.6 Å². The first-order valence-corrected chi connectivity index (χ1v) is 7.90. The number of hydrogen-bond donors (Lipinski definition) is 1. The van der Waals surface area contributed by atoms with Gasteiger partial charge in [-0.15, -0.1) is 0 Å². The van der Waals surface area contributed by atoms with Gasteiger partial charge >= 0.3 is 5.97 Å². The molecule has 0 spiro atoms. The minimum atomic E-state index is -0.934. The molecule has 0 radical (unpaired) electrons. The zero-order valence-electron chi connectivity index (χ0n) is 14.6. The normalized spacial score (nSPS) is 14.9. The van der Waals surface area contributed by atoms with Crippen molar-refractivity contribution in [2.45, 2.75) is 40.5 Å². The minimum Gasteiger partial charge on any atom is -0.478 e. The summed E-state index contributed by atoms with van der Waals surface area (Å²) in [6.45, 7) is 8.14. The predicted molar refractivity (Wildman–Crippen MR) is 100 cm³/mol. The molecule has 0 bridgehead atoms. The van der Waals surface area contributed by atoms with Gasteiger partial charge in [-0.05, 0) is 27.2 Å². The predicted octanol–water partition coefficient (Wildman–Crippen LogP) is 5.93. The summed E-state index contributed by atoms with van der Waals surface area (Å²) < 4.78 is 0. The second kappa shape index (κ2) is 13.3. The molecular weight excluding hydrogens is 284 g/mol. The molecule has 2 nitrogen and oxygen atoms in total. The number of hydrogen-bond acceptors (Lipinski definition) is 1. The molecule has 0 aromatic heterocycles. The third-order valence-electron chi connectivity index (χ3n) is 2.87. The van der Waals surface area contributed by atoms with Crippen molar-refractivity contribution in [3.05, 3.63) is 83.6 Å². The standard InChI is InChI=1S/C21H28O2/c1-5-6-7-11-18(2)12-8-9-13-19(3)14-10-15-20(4)16-17-21(22)23/h7-17H,5-6H2,1-4H3,(H,22,23). The fraction of sp³-hybridized carbons (Fsp3) is 0.286. The van der Waals surface area contributed by atoms with Gasteiger partial charge in [-0.25, -0.2) is 4.79 Å². The smallest absolute Gasteiger partial charge is 0.328 e. The van der Waals surface area contributed by atoms with Crippen molar-refractivity contribution in [2.24, 2.45) is 0 Å². The Morgan fingerprint density at radius 3 is 1.87 bits per heavy atom. The Bertz CT molecular complexity index is 565. The Morgan fingerprint density at radius 1 is 0.783 bits per heavy atom. The number of carbonyl (C=O) groups is 1. The molecule has 0 saturated heterocycles. The first-order valence-electron chi connectivity index (χ1n) is 7.90. The van der Waals surface area contributed by atoms with E-state index in [9.17, 15) is 4.79 Å². The lowest BCUT2D eigenvalue weighted by atomic mass is 10.2. The van der Waals surface area contributed by atoms with Crippen molar-refractivity contribution in [1.29, 1.82) is 0 Å². The summed E-state index contributed by atoms with van der Waals surface area (Å²) in [5, 5.41) is 8.54. The van der Waals surface area contributed by atoms with Gasteiger partial charge in [-0.2, -0.15) is 0 Å². The summed E-state index contributed by atoms with van der Waals surface area (Å²) >= 11 is 0. The maximum absolute atomic E-state index is 10.4. The summed E-state index contributed by atoms with van der Waals surface area (Å²) in [4.78, 5) is 10.4. The molecule has 0 unspecified atom stereocenters. The fourth-order valence-corrected chi connectivity index (χ4v) is 1.57. The van der Waals surface area contributed by atoms with Crippen molar-refractivity contribution in [3.8, 4) is 0 Å². The lowest BCUT2D eigenvalue weighted by Crippen LogP contribution is -1.85. The SMILES string of the molecule is CCCC=CC(C)=CC=CC=C(C)C=CC=C(C)C=CC(=O)O. The number of allylic oxidation sites excluding steroid dienone is 13. The Kier molecular flexibility index (Phi) is 12.0. The number of carboxylic acids is 1. The molecule has 0 aromatic carbocycles. The Labute approximate surface area is 140 Å². The highest BCUT2D eigenvalue weighted by Gasteiger charge is 1.85. The first kappa shape index (κ1) is 20.6. The summed E-state index contributed by atoms with van der Waals surface area (Å²) in [7, 11) is 0. The van der Waals surface area contributed by atoms with E-state index in [1.54, 1.807) is 6.08 Å². The second-order valence-corrected chi connectivity index (χ2v) is 5.34. The van der Waals surface area contributed by atoms with E-state index in [2.05, 4.69) is 32.1 Å². The molecule has 0 aliphatic heterocycles. The van der Waals surface area contributed by atoms with Crippen LogP contribution in [-0.2, 0) is 4.79 Å². The van der Waals surface area contributed by atoms with Crippen LogP contribution in [0.4, 0.5) is 0 Å². The Hall–Kier alpha value is -2.35. The maximum atomic E-state index is 10.4. The zero-order valence-corrected chi connectivity index (χ0v) is 14.6. The lowest BCUT2D eigenvalue weighted by Gasteiger charge is -1.90. The zero-order chi connectivity index (χ0) is 17.5. The van der Waals surface area contributed by atoms with Crippen LogP contribution in [-0.4, -0.2) is 11.1 Å². The van der Waals surface area contributed by atoms with Crippen LogP contribution in [0.1, 0.15) is 40.5 Å². The van der Waals surface area contributed by atoms with Crippen molar-refractivity contribution in [3.63, 3.8) is 0 Å². The molecule has 1 N–H and O–H groups in total. The van der Waals surface area contributed by atoms with Crippen molar-refractivity contribution < 1.29 is 9.90 Å². The van der Waals surface area contributed by atoms with Gasteiger partial charge in [-0.3, -0.25) is 0 Å². The quantitative estimate of drug-likeness (QED) is 0.423. The van der Waals surface area contributed by atoms with E-state index in [-0.39, 0.29) is 0 Å². The molecule has 0 saturated carbocycles. The largest absolute Gasteiger partial charge is 0.478 e. The van der Waals surface area contributed by atoms with Gasteiger partial charge in [0.15, 0.2) is 0 Å². The summed E-state index contributed by atoms with van der Waals surface area (Å²) in [6.07, 6.45) is 23.3. The number of carboxylic acid groups (broad SMARTS) is 1. The maximum Gasteiger partial charge on any atom is 0.328 e. The molecule has 124 valence electrons. The minimum absolute atomic E-state index is 0.893. The summed E-state index contributed by atoms with van der Waals surface area (Å²) in [5.41, 5.74) is 3.25. The molecule has 0 aliphatic carbocycles. The third kappa shape index (κ3) is 14.4. The second-order valence-electron chi connectivity index (χ2n) is 5.34. The Balaban J connectivity index is 4.48. The molecule has 0 atom stereocenters. The number of aliphatic carboxylic acids is 1. The van der Waals surface area contributed by atoms with Gasteiger partial charge in [0.05, 0.1) is 0 Å². The van der Waals surface area contributed by atoms with E-state index in [1.165, 1.54) is 12.0 Å². The van der Waals surface area contributed by atoms with Crippen molar-refractivity contribution in [1.82, 2.24) is 0 Å². The van der Waals surface area contributed by atoms with E-state index >= 15 is 0 Å². The van der Waals surface area contributed by atoms with Crippen LogP contribution in [0.2, 0.25) is 0 Å². The van der Waals surface area contributed by atoms with Crippen LogP contribution in [0.15, 0.2) is 83.6 Å². The monoisotopic (exact) mass is 312 g/mol. The van der Waals surface area contributed by atoms with Gasteiger partial charge in [0, 0.05) is 6.08 Å². The lowest BCUT2D eigenvalue weighted by molar-refractivity contribution is -0.131. The average Bonchev–Trinajstić information content (AvgIpc) is 2.50. The van der Waals surface area contributed by atoms with E-state index in [4.69, 9.17) is 5.11 Å². The third-order valence-corrected chi connectivity index (χ3v) is 2.87. The highest BCUT2D eigenvalue weighted by molar-refractivity contribution is 5.80. The number of unbranched alkanes of at least 4 members (excludes halogenated alkanes) is 1. The molecule has 0 rings (SSSR count). The summed E-state index contributed by atoms with van der Waals surface area (Å²) in [6, 6.07) is 0. The van der Waals surface area contributed by atoms with Crippen molar-refractivity contribution >= 4 is 5.97 Å². The molecule has 0 aliphatic rings. The molecule has 0 heterocycles. The first-order chi connectivity index (χ1) is 11.0.